The molecule has 1 N–H and O–H groups in total. The van der Waals surface area contributed by atoms with Crippen molar-refractivity contribution in [1.82, 2.24) is 0 Å². The predicted molar refractivity (Wildman–Crippen MR) is 125 cm³/mol. The lowest BCUT2D eigenvalue weighted by atomic mass is 9.93. The first-order valence-electron chi connectivity index (χ1n) is 10.3. The number of carbonyl (C=O) groups is 1. The first kappa shape index (κ1) is 20.7. The third kappa shape index (κ3) is 3.79. The second-order valence-corrected chi connectivity index (χ2v) is 8.86. The summed E-state index contributed by atoms with van der Waals surface area (Å²) in [6.07, 6.45) is 6.03. The van der Waals surface area contributed by atoms with E-state index in [0.29, 0.717) is 0 Å². The van der Waals surface area contributed by atoms with Crippen LogP contribution in [0.5, 0.6) is 5.75 Å². The van der Waals surface area contributed by atoms with E-state index < -0.39 is 0 Å². The van der Waals surface area contributed by atoms with Gasteiger partial charge in [-0.15, -0.1) is 0 Å². The Bertz CT molecular complexity index is 1170. The predicted octanol–water partition coefficient (Wildman–Crippen LogP) is 6.74. The number of halogens is 1. The number of methoxy groups -OCH3 is 1. The Balaban J connectivity index is 1.72. The van der Waals surface area contributed by atoms with Crippen LogP contribution in [0.15, 0.2) is 39.2 Å². The van der Waals surface area contributed by atoms with Gasteiger partial charge in [-0.2, -0.15) is 0 Å². The van der Waals surface area contributed by atoms with Crippen molar-refractivity contribution < 1.29 is 13.9 Å². The van der Waals surface area contributed by atoms with E-state index in [4.69, 9.17) is 9.15 Å². The maximum absolute atomic E-state index is 12.7. The van der Waals surface area contributed by atoms with Crippen molar-refractivity contribution in [3.8, 4) is 5.75 Å². The Morgan fingerprint density at radius 2 is 1.97 bits per heavy atom. The second kappa shape index (κ2) is 8.31. The van der Waals surface area contributed by atoms with E-state index in [1.165, 1.54) is 18.4 Å². The van der Waals surface area contributed by atoms with Gasteiger partial charge in [0.15, 0.2) is 0 Å². The number of furan rings is 1. The first-order valence-corrected chi connectivity index (χ1v) is 11.1. The van der Waals surface area contributed by atoms with Crippen molar-refractivity contribution in [2.45, 2.75) is 46.5 Å². The third-order valence-electron chi connectivity index (χ3n) is 5.85. The van der Waals surface area contributed by atoms with Crippen molar-refractivity contribution in [3.63, 3.8) is 0 Å². The molecule has 0 radical (unpaired) electrons. The van der Waals surface area contributed by atoms with Crippen LogP contribution in [0, 0.1) is 13.8 Å². The molecule has 4 nitrogen and oxygen atoms in total. The molecule has 3 aromatic rings. The molecule has 0 atom stereocenters. The number of benzene rings is 2. The number of hydrogen-bond acceptors (Lipinski definition) is 3. The van der Waals surface area contributed by atoms with E-state index in [9.17, 15) is 4.79 Å². The van der Waals surface area contributed by atoms with E-state index in [1.54, 1.807) is 13.2 Å². The highest BCUT2D eigenvalue weighted by Gasteiger charge is 2.23. The average molecular weight is 468 g/mol. The van der Waals surface area contributed by atoms with E-state index >= 15 is 0 Å². The van der Waals surface area contributed by atoms with Crippen LogP contribution in [-0.2, 0) is 17.6 Å². The smallest absolute Gasteiger partial charge is 0.248 e. The van der Waals surface area contributed by atoms with Gasteiger partial charge in [0.2, 0.25) is 5.91 Å². The monoisotopic (exact) mass is 467 g/mol. The van der Waals surface area contributed by atoms with E-state index in [-0.39, 0.29) is 5.91 Å². The summed E-state index contributed by atoms with van der Waals surface area (Å²) >= 11 is 3.45. The normalized spacial score (nSPS) is 14.0. The fourth-order valence-corrected chi connectivity index (χ4v) is 4.78. The zero-order chi connectivity index (χ0) is 21.4. The highest BCUT2D eigenvalue weighted by atomic mass is 79.9. The number of hydrogen-bond donors (Lipinski definition) is 1. The van der Waals surface area contributed by atoms with Gasteiger partial charge in [0.05, 0.1) is 7.11 Å². The lowest BCUT2D eigenvalue weighted by molar-refractivity contribution is -0.111. The first-order chi connectivity index (χ1) is 14.4. The third-order valence-corrected chi connectivity index (χ3v) is 6.34. The lowest BCUT2D eigenvalue weighted by Crippen LogP contribution is -2.10. The van der Waals surface area contributed by atoms with Crippen molar-refractivity contribution in [1.29, 1.82) is 0 Å². The summed E-state index contributed by atoms with van der Waals surface area (Å²) in [6.45, 7) is 5.95. The molecule has 0 bridgehead atoms. The van der Waals surface area contributed by atoms with Gasteiger partial charge in [0, 0.05) is 44.7 Å². The van der Waals surface area contributed by atoms with Crippen LogP contribution >= 0.6 is 15.9 Å². The van der Waals surface area contributed by atoms with Crippen LogP contribution < -0.4 is 10.1 Å². The van der Waals surface area contributed by atoms with Gasteiger partial charge in [-0.05, 0) is 75.4 Å². The Kier molecular flexibility index (Phi) is 5.74. The molecule has 1 aromatic heterocycles. The maximum Gasteiger partial charge on any atom is 0.248 e. The van der Waals surface area contributed by atoms with Gasteiger partial charge < -0.3 is 14.5 Å². The van der Waals surface area contributed by atoms with Gasteiger partial charge >= 0.3 is 0 Å². The molecule has 0 saturated heterocycles. The maximum atomic E-state index is 12.7. The number of carbonyl (C=O) groups excluding carboxylic acids is 1. The number of nitrogens with one attached hydrogen (secondary N) is 1. The molecule has 0 unspecified atom stereocenters. The van der Waals surface area contributed by atoms with Crippen LogP contribution in [0.4, 0.5) is 5.69 Å². The van der Waals surface area contributed by atoms with E-state index in [2.05, 4.69) is 27.3 Å². The quantitative estimate of drug-likeness (QED) is 0.432. The van der Waals surface area contributed by atoms with Gasteiger partial charge in [-0.1, -0.05) is 15.9 Å². The van der Waals surface area contributed by atoms with Gasteiger partial charge in [0.25, 0.3) is 0 Å². The highest BCUT2D eigenvalue weighted by molar-refractivity contribution is 9.10. The fourth-order valence-electron chi connectivity index (χ4n) is 4.30. The van der Waals surface area contributed by atoms with Crippen LogP contribution in [-0.4, -0.2) is 13.0 Å². The Labute approximate surface area is 185 Å². The minimum Gasteiger partial charge on any atom is -0.496 e. The zero-order valence-electron chi connectivity index (χ0n) is 17.8. The van der Waals surface area contributed by atoms with E-state index in [0.717, 1.165) is 67.7 Å². The number of aryl methyl sites for hydroxylation is 4. The molecule has 1 aliphatic rings. The number of rotatable bonds is 4. The van der Waals surface area contributed by atoms with Crippen molar-refractivity contribution >= 4 is 44.1 Å². The summed E-state index contributed by atoms with van der Waals surface area (Å²) in [5.74, 6) is 1.70. The fraction of sp³-hybridized carbons (Fsp3) is 0.320. The van der Waals surface area contributed by atoms with Crippen LogP contribution in [0.25, 0.3) is 16.5 Å². The molecular formula is C25H26BrNO3. The molecule has 156 valence electrons. The number of fused-ring (bicyclic) bond motifs is 3. The molecule has 0 fully saturated rings. The zero-order valence-corrected chi connectivity index (χ0v) is 19.4. The Hall–Kier alpha value is -2.53. The SMILES string of the molecule is COc1c(/C(C)=C/C(=O)Nc2ccc(Br)cc2C)cc2c3c(oc2c1C)CCCC3. The summed E-state index contributed by atoms with van der Waals surface area (Å²) in [6, 6.07) is 7.92. The van der Waals surface area contributed by atoms with Crippen molar-refractivity contribution in [2.24, 2.45) is 0 Å². The standard InChI is InChI=1S/C25H26BrNO3/c1-14(12-23(28)27-21-10-9-17(26)11-15(21)2)19-13-20-18-7-5-6-8-22(18)30-25(20)16(3)24(19)29-4/h9-13H,5-8H2,1-4H3,(H,27,28)/b14-12+. The second-order valence-electron chi connectivity index (χ2n) is 7.95. The molecule has 1 aliphatic carbocycles. The van der Waals surface area contributed by atoms with Gasteiger partial charge in [-0.3, -0.25) is 4.79 Å². The Morgan fingerprint density at radius 1 is 1.20 bits per heavy atom. The largest absolute Gasteiger partial charge is 0.496 e. The molecule has 1 amide bonds. The topological polar surface area (TPSA) is 51.5 Å². The van der Waals surface area contributed by atoms with Crippen LogP contribution in [0.2, 0.25) is 0 Å². The molecule has 0 aliphatic heterocycles. The van der Waals surface area contributed by atoms with Crippen LogP contribution in [0.1, 0.15) is 47.8 Å². The Morgan fingerprint density at radius 3 is 2.70 bits per heavy atom. The van der Waals surface area contributed by atoms with Crippen molar-refractivity contribution in [3.05, 3.63) is 62.8 Å². The lowest BCUT2D eigenvalue weighted by Gasteiger charge is -2.14. The number of ether oxygens (including phenoxy) is 1. The summed E-state index contributed by atoms with van der Waals surface area (Å²) in [5.41, 5.74) is 6.79. The molecule has 0 saturated carbocycles. The molecule has 0 spiro atoms. The number of allylic oxidation sites excluding steroid dienone is 1. The number of amides is 1. The molecule has 1 heterocycles. The van der Waals surface area contributed by atoms with Gasteiger partial charge in [0.1, 0.15) is 17.1 Å². The number of anilines is 1. The molecule has 2 aromatic carbocycles. The molecule has 30 heavy (non-hydrogen) atoms. The van der Waals surface area contributed by atoms with Crippen LogP contribution in [0.3, 0.4) is 0 Å². The van der Waals surface area contributed by atoms with Gasteiger partial charge in [-0.25, -0.2) is 0 Å². The molecule has 5 heteroatoms. The van der Waals surface area contributed by atoms with E-state index in [1.807, 2.05) is 39.0 Å². The average Bonchev–Trinajstić information content (AvgIpc) is 3.09. The molecular weight excluding hydrogens is 442 g/mol. The summed E-state index contributed by atoms with van der Waals surface area (Å²) in [5, 5.41) is 4.12. The molecule has 4 rings (SSSR count). The highest BCUT2D eigenvalue weighted by Crippen LogP contribution is 2.41. The summed E-state index contributed by atoms with van der Waals surface area (Å²) in [4.78, 5) is 12.7. The van der Waals surface area contributed by atoms with Crippen molar-refractivity contribution in [2.75, 3.05) is 12.4 Å². The summed E-state index contributed by atoms with van der Waals surface area (Å²) < 4.78 is 12.9. The minimum absolute atomic E-state index is 0.160. The summed E-state index contributed by atoms with van der Waals surface area (Å²) in [7, 11) is 1.67. The minimum atomic E-state index is -0.160.